The van der Waals surface area contributed by atoms with Gasteiger partial charge in [0.15, 0.2) is 0 Å². The minimum absolute atomic E-state index is 0.0822. The highest BCUT2D eigenvalue weighted by molar-refractivity contribution is 7.99. The Kier molecular flexibility index (Phi) is 4.45. The van der Waals surface area contributed by atoms with Gasteiger partial charge >= 0.3 is 12.1 Å². The summed E-state index contributed by atoms with van der Waals surface area (Å²) in [5, 5.41) is 8.59. The quantitative estimate of drug-likeness (QED) is 0.846. The van der Waals surface area contributed by atoms with E-state index in [4.69, 9.17) is 5.11 Å². The molecule has 0 fully saturated rings. The van der Waals surface area contributed by atoms with Gasteiger partial charge in [0.2, 0.25) is 0 Å². The third-order valence-electron chi connectivity index (χ3n) is 2.01. The van der Waals surface area contributed by atoms with Crippen LogP contribution in [0.5, 0.6) is 0 Å². The van der Waals surface area contributed by atoms with Gasteiger partial charge < -0.3 is 5.11 Å². The van der Waals surface area contributed by atoms with Crippen LogP contribution in [0.4, 0.5) is 13.2 Å². The monoisotopic (exact) mass is 264 g/mol. The minimum atomic E-state index is -4.40. The third kappa shape index (κ3) is 3.96. The molecule has 1 N–H and O–H groups in total. The van der Waals surface area contributed by atoms with Crippen LogP contribution in [0.2, 0.25) is 0 Å². The number of hydrogen-bond acceptors (Lipinski definition) is 2. The van der Waals surface area contributed by atoms with Crippen molar-refractivity contribution in [1.29, 1.82) is 0 Å². The summed E-state index contributed by atoms with van der Waals surface area (Å²) in [6, 6.07) is 3.44. The molecule has 0 aliphatic carbocycles. The lowest BCUT2D eigenvalue weighted by molar-refractivity contribution is -0.139. The van der Waals surface area contributed by atoms with Gasteiger partial charge in [-0.1, -0.05) is 13.0 Å². The zero-order valence-electron chi connectivity index (χ0n) is 9.04. The molecule has 0 aliphatic rings. The second-order valence-corrected chi connectivity index (χ2v) is 4.64. The van der Waals surface area contributed by atoms with Crippen molar-refractivity contribution in [3.05, 3.63) is 29.3 Å². The van der Waals surface area contributed by atoms with Crippen LogP contribution in [0.1, 0.15) is 18.1 Å². The Labute approximate surface area is 101 Å². The first-order chi connectivity index (χ1) is 7.84. The Hall–Kier alpha value is -1.17. The van der Waals surface area contributed by atoms with E-state index < -0.39 is 17.7 Å². The molecule has 0 aromatic heterocycles. The molecule has 0 bridgehead atoms. The first kappa shape index (κ1) is 13.9. The van der Waals surface area contributed by atoms with E-state index >= 15 is 0 Å². The lowest BCUT2D eigenvalue weighted by atomic mass is 10.1. The van der Waals surface area contributed by atoms with Gasteiger partial charge in [-0.05, 0) is 23.4 Å². The Morgan fingerprint density at radius 1 is 1.41 bits per heavy atom. The number of carbonyl (C=O) groups is 1. The van der Waals surface area contributed by atoms with Crippen molar-refractivity contribution in [3.8, 4) is 0 Å². The maximum atomic E-state index is 12.6. The minimum Gasteiger partial charge on any atom is -0.481 e. The van der Waals surface area contributed by atoms with E-state index in [1.54, 1.807) is 6.92 Å². The van der Waals surface area contributed by atoms with Gasteiger partial charge in [-0.2, -0.15) is 13.2 Å². The first-order valence-electron chi connectivity index (χ1n) is 4.89. The van der Waals surface area contributed by atoms with Gasteiger partial charge in [-0.25, -0.2) is 0 Å². The molecule has 0 saturated heterocycles. The van der Waals surface area contributed by atoms with Crippen molar-refractivity contribution in [2.45, 2.75) is 24.4 Å². The number of carboxylic acid groups (broad SMARTS) is 1. The van der Waals surface area contributed by atoms with Gasteiger partial charge in [-0.3, -0.25) is 4.79 Å². The fourth-order valence-electron chi connectivity index (χ4n) is 1.36. The zero-order valence-corrected chi connectivity index (χ0v) is 9.86. The van der Waals surface area contributed by atoms with Crippen molar-refractivity contribution in [3.63, 3.8) is 0 Å². The molecule has 0 saturated carbocycles. The van der Waals surface area contributed by atoms with Crippen LogP contribution in [0.25, 0.3) is 0 Å². The number of halogens is 3. The Bertz CT molecular complexity index is 416. The fraction of sp³-hybridized carbons (Fsp3) is 0.364. The van der Waals surface area contributed by atoms with Gasteiger partial charge in [0.25, 0.3) is 0 Å². The molecule has 0 aliphatic heterocycles. The number of thioether (sulfide) groups is 1. The molecule has 2 nitrogen and oxygen atoms in total. The van der Waals surface area contributed by atoms with Crippen LogP contribution in [0.15, 0.2) is 23.1 Å². The van der Waals surface area contributed by atoms with Crippen molar-refractivity contribution in [2.75, 3.05) is 5.75 Å². The third-order valence-corrected chi connectivity index (χ3v) is 2.94. The second kappa shape index (κ2) is 5.44. The average molecular weight is 264 g/mol. The standard InChI is InChI=1S/C11H11F3O2S/c1-2-17-9-5-7(6-10(15)16)3-4-8(9)11(12,13)14/h3-5H,2,6H2,1H3,(H,15,16). The molecular formula is C11H11F3O2S. The van der Waals surface area contributed by atoms with Crippen molar-refractivity contribution < 1.29 is 23.1 Å². The SMILES string of the molecule is CCSc1cc(CC(=O)O)ccc1C(F)(F)F. The average Bonchev–Trinajstić information content (AvgIpc) is 2.15. The molecule has 0 atom stereocenters. The van der Waals surface area contributed by atoms with Crippen LogP contribution in [-0.2, 0) is 17.4 Å². The Morgan fingerprint density at radius 3 is 2.53 bits per heavy atom. The molecule has 6 heteroatoms. The van der Waals surface area contributed by atoms with E-state index in [1.165, 1.54) is 12.1 Å². The molecule has 0 spiro atoms. The van der Waals surface area contributed by atoms with E-state index in [2.05, 4.69) is 0 Å². The number of carboxylic acids is 1. The van der Waals surface area contributed by atoms with Gasteiger partial charge in [0, 0.05) is 4.90 Å². The Balaban J connectivity index is 3.12. The number of benzene rings is 1. The summed E-state index contributed by atoms with van der Waals surface area (Å²) in [6.07, 6.45) is -4.67. The summed E-state index contributed by atoms with van der Waals surface area (Å²) >= 11 is 1.06. The fourth-order valence-corrected chi connectivity index (χ4v) is 2.25. The molecule has 0 radical (unpaired) electrons. The smallest absolute Gasteiger partial charge is 0.417 e. The largest absolute Gasteiger partial charge is 0.481 e. The maximum Gasteiger partial charge on any atom is 0.417 e. The predicted molar refractivity (Wildman–Crippen MR) is 59.2 cm³/mol. The van der Waals surface area contributed by atoms with Crippen molar-refractivity contribution >= 4 is 17.7 Å². The highest BCUT2D eigenvalue weighted by Crippen LogP contribution is 2.37. The Morgan fingerprint density at radius 2 is 2.06 bits per heavy atom. The van der Waals surface area contributed by atoms with Crippen LogP contribution in [-0.4, -0.2) is 16.8 Å². The summed E-state index contributed by atoms with van der Waals surface area (Å²) in [6.45, 7) is 1.74. The van der Waals surface area contributed by atoms with Crippen LogP contribution >= 0.6 is 11.8 Å². The first-order valence-corrected chi connectivity index (χ1v) is 5.88. The number of aliphatic carboxylic acids is 1. The van der Waals surface area contributed by atoms with E-state index in [1.807, 2.05) is 0 Å². The summed E-state index contributed by atoms with van der Waals surface area (Å²) in [7, 11) is 0. The second-order valence-electron chi connectivity index (χ2n) is 3.33. The molecule has 94 valence electrons. The van der Waals surface area contributed by atoms with Gasteiger partial charge in [0.05, 0.1) is 12.0 Å². The molecule has 0 heterocycles. The van der Waals surface area contributed by atoms with E-state index in [9.17, 15) is 18.0 Å². The lowest BCUT2D eigenvalue weighted by Crippen LogP contribution is -2.08. The molecule has 1 aromatic carbocycles. The zero-order chi connectivity index (χ0) is 13.1. The van der Waals surface area contributed by atoms with Crippen molar-refractivity contribution in [1.82, 2.24) is 0 Å². The van der Waals surface area contributed by atoms with Gasteiger partial charge in [-0.15, -0.1) is 11.8 Å². The summed E-state index contributed by atoms with van der Waals surface area (Å²) < 4.78 is 37.9. The van der Waals surface area contributed by atoms with Crippen molar-refractivity contribution in [2.24, 2.45) is 0 Å². The number of alkyl halides is 3. The van der Waals surface area contributed by atoms with Gasteiger partial charge in [0.1, 0.15) is 0 Å². The molecule has 0 unspecified atom stereocenters. The highest BCUT2D eigenvalue weighted by atomic mass is 32.2. The highest BCUT2D eigenvalue weighted by Gasteiger charge is 2.33. The number of hydrogen-bond donors (Lipinski definition) is 1. The molecule has 0 amide bonds. The molecule has 1 rings (SSSR count). The maximum absolute atomic E-state index is 12.6. The molecule has 17 heavy (non-hydrogen) atoms. The van der Waals surface area contributed by atoms with Crippen LogP contribution in [0, 0.1) is 0 Å². The normalized spacial score (nSPS) is 11.5. The lowest BCUT2D eigenvalue weighted by Gasteiger charge is -2.13. The summed E-state index contributed by atoms with van der Waals surface area (Å²) in [5.74, 6) is -0.559. The molecular weight excluding hydrogens is 253 g/mol. The summed E-state index contributed by atoms with van der Waals surface area (Å²) in [4.78, 5) is 10.6. The van der Waals surface area contributed by atoms with E-state index in [0.717, 1.165) is 17.8 Å². The van der Waals surface area contributed by atoms with Crippen LogP contribution < -0.4 is 0 Å². The van der Waals surface area contributed by atoms with Crippen LogP contribution in [0.3, 0.4) is 0 Å². The van der Waals surface area contributed by atoms with E-state index in [-0.39, 0.29) is 11.3 Å². The molecule has 1 aromatic rings. The predicted octanol–water partition coefficient (Wildman–Crippen LogP) is 3.44. The number of rotatable bonds is 4. The summed E-state index contributed by atoms with van der Waals surface area (Å²) in [5.41, 5.74) is -0.333. The van der Waals surface area contributed by atoms with E-state index in [0.29, 0.717) is 11.3 Å². The topological polar surface area (TPSA) is 37.3 Å².